The molecule has 25 heavy (non-hydrogen) atoms. The lowest BCUT2D eigenvalue weighted by Gasteiger charge is -2.26. The van der Waals surface area contributed by atoms with Crippen LogP contribution >= 0.6 is 0 Å². The van der Waals surface area contributed by atoms with Crippen molar-refractivity contribution in [1.29, 1.82) is 0 Å². The molecule has 0 fully saturated rings. The molecule has 0 spiro atoms. The maximum absolute atomic E-state index is 13.1. The third-order valence-corrected chi connectivity index (χ3v) is 4.38. The van der Waals surface area contributed by atoms with Gasteiger partial charge in [-0.2, -0.15) is 0 Å². The van der Waals surface area contributed by atoms with E-state index in [0.717, 1.165) is 0 Å². The number of carbonyl (C=O) groups excluding carboxylic acids is 3. The highest BCUT2D eigenvalue weighted by molar-refractivity contribution is 6.06. The average Bonchev–Trinajstić information content (AvgIpc) is 2.81. The van der Waals surface area contributed by atoms with E-state index in [9.17, 15) is 14.4 Å². The molecule has 1 heterocycles. The van der Waals surface area contributed by atoms with Gasteiger partial charge in [-0.3, -0.25) is 9.59 Å². The third kappa shape index (κ3) is 4.00. The van der Waals surface area contributed by atoms with Crippen molar-refractivity contribution in [2.75, 3.05) is 13.2 Å². The number of hydrogen-bond acceptors (Lipinski definition) is 4. The molecule has 138 valence electrons. The highest BCUT2D eigenvalue weighted by atomic mass is 16.5. The Balaban J connectivity index is 3.42. The van der Waals surface area contributed by atoms with Gasteiger partial charge in [-0.05, 0) is 40.2 Å². The summed E-state index contributed by atoms with van der Waals surface area (Å²) in [5.41, 5.74) is 2.18. The van der Waals surface area contributed by atoms with Gasteiger partial charge in [0.15, 0.2) is 5.78 Å². The predicted octanol–water partition coefficient (Wildman–Crippen LogP) is 2.91. The van der Waals surface area contributed by atoms with Gasteiger partial charge in [-0.15, -0.1) is 6.58 Å². The number of nitrogens with zero attached hydrogens (tertiary/aromatic N) is 2. The van der Waals surface area contributed by atoms with Crippen LogP contribution in [0.2, 0.25) is 0 Å². The zero-order valence-electron chi connectivity index (χ0n) is 16.0. The highest BCUT2D eigenvalue weighted by Gasteiger charge is 2.31. The SMILES string of the molecule is C=CCN(C(C)=O)C(C)C(=O)c1c(C)c(C(=O)OCC)n(CC)c1C. The summed E-state index contributed by atoms with van der Waals surface area (Å²) in [4.78, 5) is 38.7. The largest absolute Gasteiger partial charge is 0.461 e. The number of amides is 1. The van der Waals surface area contributed by atoms with E-state index in [1.54, 1.807) is 31.4 Å². The Morgan fingerprint density at radius 2 is 1.88 bits per heavy atom. The lowest BCUT2D eigenvalue weighted by Crippen LogP contribution is -2.42. The molecule has 6 heteroatoms. The van der Waals surface area contributed by atoms with Crippen molar-refractivity contribution in [3.05, 3.63) is 35.2 Å². The van der Waals surface area contributed by atoms with Gasteiger partial charge in [0, 0.05) is 31.3 Å². The van der Waals surface area contributed by atoms with Crippen molar-refractivity contribution in [2.45, 2.75) is 54.1 Å². The molecule has 1 atom stereocenters. The lowest BCUT2D eigenvalue weighted by atomic mass is 10.00. The van der Waals surface area contributed by atoms with Crippen LogP contribution in [-0.4, -0.2) is 46.3 Å². The maximum atomic E-state index is 13.1. The van der Waals surface area contributed by atoms with E-state index in [-0.39, 0.29) is 18.3 Å². The second-order valence-electron chi connectivity index (χ2n) is 5.90. The molecule has 0 aliphatic rings. The summed E-state index contributed by atoms with van der Waals surface area (Å²) in [6.45, 7) is 15.1. The first-order valence-corrected chi connectivity index (χ1v) is 8.51. The Bertz CT molecular complexity index is 688. The van der Waals surface area contributed by atoms with Crippen LogP contribution in [0.4, 0.5) is 0 Å². The Kier molecular flexibility index (Phi) is 7.15. The molecule has 0 N–H and O–H groups in total. The summed E-state index contributed by atoms with van der Waals surface area (Å²) in [6, 6.07) is -0.643. The molecular formula is C19H28N2O4. The summed E-state index contributed by atoms with van der Waals surface area (Å²) in [6.07, 6.45) is 1.59. The fourth-order valence-electron chi connectivity index (χ4n) is 3.16. The fraction of sp³-hybridized carbons (Fsp3) is 0.526. The smallest absolute Gasteiger partial charge is 0.355 e. The Labute approximate surface area is 149 Å². The van der Waals surface area contributed by atoms with Crippen LogP contribution < -0.4 is 0 Å². The standard InChI is InChI=1S/C19H28N2O4/c1-8-11-21(15(7)22)14(6)18(23)16-12(4)17(19(24)25-10-3)20(9-2)13(16)5/h8,14H,1,9-11H2,2-7H3. The van der Waals surface area contributed by atoms with Crippen molar-refractivity contribution in [1.82, 2.24) is 9.47 Å². The fourth-order valence-corrected chi connectivity index (χ4v) is 3.16. The van der Waals surface area contributed by atoms with E-state index in [0.29, 0.717) is 35.6 Å². The first-order chi connectivity index (χ1) is 11.7. The van der Waals surface area contributed by atoms with Crippen molar-refractivity contribution in [3.8, 4) is 0 Å². The van der Waals surface area contributed by atoms with E-state index in [1.807, 2.05) is 13.8 Å². The van der Waals surface area contributed by atoms with Crippen LogP contribution in [0.3, 0.4) is 0 Å². The molecule has 0 aliphatic carbocycles. The predicted molar refractivity (Wildman–Crippen MR) is 96.9 cm³/mol. The van der Waals surface area contributed by atoms with Crippen LogP contribution in [0, 0.1) is 13.8 Å². The van der Waals surface area contributed by atoms with E-state index in [2.05, 4.69) is 6.58 Å². The van der Waals surface area contributed by atoms with Crippen LogP contribution in [0.25, 0.3) is 0 Å². The van der Waals surface area contributed by atoms with Gasteiger partial charge in [-0.25, -0.2) is 4.79 Å². The molecule has 0 saturated heterocycles. The summed E-state index contributed by atoms with van der Waals surface area (Å²) < 4.78 is 6.93. The van der Waals surface area contributed by atoms with Crippen LogP contribution in [0.5, 0.6) is 0 Å². The van der Waals surface area contributed by atoms with E-state index >= 15 is 0 Å². The number of ether oxygens (including phenoxy) is 1. The minimum absolute atomic E-state index is 0.190. The van der Waals surface area contributed by atoms with Gasteiger partial charge in [0.05, 0.1) is 12.6 Å². The van der Waals surface area contributed by atoms with Gasteiger partial charge in [0.25, 0.3) is 0 Å². The van der Waals surface area contributed by atoms with E-state index in [1.165, 1.54) is 11.8 Å². The van der Waals surface area contributed by atoms with Crippen molar-refractivity contribution < 1.29 is 19.1 Å². The second-order valence-corrected chi connectivity index (χ2v) is 5.90. The monoisotopic (exact) mass is 348 g/mol. The van der Waals surface area contributed by atoms with Gasteiger partial charge in [-0.1, -0.05) is 6.08 Å². The van der Waals surface area contributed by atoms with Crippen molar-refractivity contribution >= 4 is 17.7 Å². The van der Waals surface area contributed by atoms with E-state index < -0.39 is 12.0 Å². The van der Waals surface area contributed by atoms with Gasteiger partial charge < -0.3 is 14.2 Å². The third-order valence-electron chi connectivity index (χ3n) is 4.38. The molecule has 0 saturated carbocycles. The minimum atomic E-state index is -0.643. The zero-order chi connectivity index (χ0) is 19.3. The lowest BCUT2D eigenvalue weighted by molar-refractivity contribution is -0.129. The Morgan fingerprint density at radius 3 is 2.32 bits per heavy atom. The summed E-state index contributed by atoms with van der Waals surface area (Å²) >= 11 is 0. The normalized spacial score (nSPS) is 11.8. The first kappa shape index (κ1) is 20.7. The molecule has 1 rings (SSSR count). The molecule has 1 aromatic rings. The minimum Gasteiger partial charge on any atom is -0.461 e. The molecule has 1 unspecified atom stereocenters. The number of ketones is 1. The van der Waals surface area contributed by atoms with Gasteiger partial charge in [0.2, 0.25) is 5.91 Å². The topological polar surface area (TPSA) is 68.6 Å². The van der Waals surface area contributed by atoms with Gasteiger partial charge >= 0.3 is 5.97 Å². The molecule has 6 nitrogen and oxygen atoms in total. The maximum Gasteiger partial charge on any atom is 0.355 e. The number of aromatic nitrogens is 1. The quantitative estimate of drug-likeness (QED) is 0.411. The average molecular weight is 348 g/mol. The Morgan fingerprint density at radius 1 is 1.28 bits per heavy atom. The molecule has 0 aliphatic heterocycles. The van der Waals surface area contributed by atoms with Crippen LogP contribution in [-0.2, 0) is 16.1 Å². The zero-order valence-corrected chi connectivity index (χ0v) is 16.0. The van der Waals surface area contributed by atoms with E-state index in [4.69, 9.17) is 4.74 Å². The Hall–Kier alpha value is -2.37. The number of rotatable bonds is 8. The second kappa shape index (κ2) is 8.65. The van der Waals surface area contributed by atoms with Crippen LogP contribution in [0.15, 0.2) is 12.7 Å². The highest BCUT2D eigenvalue weighted by Crippen LogP contribution is 2.25. The van der Waals surface area contributed by atoms with Crippen molar-refractivity contribution in [2.24, 2.45) is 0 Å². The van der Waals surface area contributed by atoms with Crippen molar-refractivity contribution in [3.63, 3.8) is 0 Å². The number of hydrogen-bond donors (Lipinski definition) is 0. The summed E-state index contributed by atoms with van der Waals surface area (Å²) in [5, 5.41) is 0. The molecule has 0 bridgehead atoms. The summed E-state index contributed by atoms with van der Waals surface area (Å²) in [5.74, 6) is -0.826. The molecular weight excluding hydrogens is 320 g/mol. The summed E-state index contributed by atoms with van der Waals surface area (Å²) in [7, 11) is 0. The molecule has 0 radical (unpaired) electrons. The number of carbonyl (C=O) groups is 3. The molecule has 0 aromatic carbocycles. The van der Waals surface area contributed by atoms with Gasteiger partial charge in [0.1, 0.15) is 5.69 Å². The van der Waals surface area contributed by atoms with Crippen LogP contribution in [0.1, 0.15) is 59.8 Å². The number of Topliss-reactive ketones (excluding diaryl/α,β-unsaturated/α-hetero) is 1. The number of esters is 1. The molecule has 1 amide bonds. The first-order valence-electron chi connectivity index (χ1n) is 8.51. The molecule has 1 aromatic heterocycles.